The summed E-state index contributed by atoms with van der Waals surface area (Å²) >= 11 is 0. The summed E-state index contributed by atoms with van der Waals surface area (Å²) in [5.41, 5.74) is 6.15. The molecule has 1 unspecified atom stereocenters. The second-order valence-electron chi connectivity index (χ2n) is 4.88. The maximum absolute atomic E-state index is 12.6. The molecule has 1 rings (SSSR count). The Morgan fingerprint density at radius 2 is 1.94 bits per heavy atom. The highest BCUT2D eigenvalue weighted by molar-refractivity contribution is 5.27. The normalized spacial score (nSPS) is 15.5. The van der Waals surface area contributed by atoms with Crippen LogP contribution in [0, 0.1) is 0 Å². The monoisotopic (exact) mass is 227 g/mol. The minimum Gasteiger partial charge on any atom is -0.320 e. The van der Waals surface area contributed by atoms with E-state index in [2.05, 4.69) is 13.8 Å². The Bertz CT molecular complexity index is 346. The van der Waals surface area contributed by atoms with Crippen LogP contribution in [-0.4, -0.2) is 12.0 Å². The van der Waals surface area contributed by atoms with Crippen molar-refractivity contribution in [3.8, 4) is 0 Å². The zero-order valence-corrected chi connectivity index (χ0v) is 10.0. The van der Waals surface area contributed by atoms with Gasteiger partial charge in [-0.3, -0.25) is 0 Å². The van der Waals surface area contributed by atoms with Gasteiger partial charge in [-0.05, 0) is 30.4 Å². The third-order valence-corrected chi connectivity index (χ3v) is 2.70. The molecule has 0 spiro atoms. The van der Waals surface area contributed by atoms with Gasteiger partial charge in [-0.2, -0.15) is 0 Å². The van der Waals surface area contributed by atoms with Crippen molar-refractivity contribution < 1.29 is 8.78 Å². The van der Waals surface area contributed by atoms with Crippen LogP contribution in [0.15, 0.2) is 24.3 Å². The van der Waals surface area contributed by atoms with Gasteiger partial charge in [-0.25, -0.2) is 8.78 Å². The summed E-state index contributed by atoms with van der Waals surface area (Å²) in [5, 5.41) is 0. The molecule has 1 nitrogen and oxygen atoms in total. The lowest BCUT2D eigenvalue weighted by Gasteiger charge is -2.23. The third kappa shape index (κ3) is 3.27. The van der Waals surface area contributed by atoms with Gasteiger partial charge < -0.3 is 5.73 Å². The van der Waals surface area contributed by atoms with Gasteiger partial charge in [0.25, 0.3) is 6.43 Å². The summed E-state index contributed by atoms with van der Waals surface area (Å²) in [5.74, 6) is 0.399. The minimum atomic E-state index is -2.50. The number of nitrogens with two attached hydrogens (primary N) is 1. The zero-order valence-electron chi connectivity index (χ0n) is 10.0. The number of rotatable bonds is 4. The molecule has 2 N–H and O–H groups in total. The lowest BCUT2D eigenvalue weighted by molar-refractivity contribution is 0.0639. The fourth-order valence-electron chi connectivity index (χ4n) is 1.58. The Labute approximate surface area is 95.7 Å². The van der Waals surface area contributed by atoms with Crippen LogP contribution in [0.2, 0.25) is 0 Å². The van der Waals surface area contributed by atoms with E-state index in [1.807, 2.05) is 24.3 Å². The summed E-state index contributed by atoms with van der Waals surface area (Å²) in [6, 6.07) is 7.70. The van der Waals surface area contributed by atoms with Gasteiger partial charge in [0.15, 0.2) is 0 Å². The van der Waals surface area contributed by atoms with Gasteiger partial charge in [0.1, 0.15) is 0 Å². The first-order valence-electron chi connectivity index (χ1n) is 5.49. The molecule has 0 heterocycles. The summed E-state index contributed by atoms with van der Waals surface area (Å²) < 4.78 is 25.3. The lowest BCUT2D eigenvalue weighted by atomic mass is 9.92. The topological polar surface area (TPSA) is 26.0 Å². The molecule has 0 aliphatic carbocycles. The van der Waals surface area contributed by atoms with Gasteiger partial charge in [0.05, 0.1) is 5.54 Å². The Morgan fingerprint density at radius 3 is 2.44 bits per heavy atom. The van der Waals surface area contributed by atoms with E-state index >= 15 is 0 Å². The third-order valence-electron chi connectivity index (χ3n) is 2.70. The van der Waals surface area contributed by atoms with Crippen LogP contribution in [0.5, 0.6) is 0 Å². The van der Waals surface area contributed by atoms with Crippen LogP contribution in [0.25, 0.3) is 0 Å². The molecule has 0 fully saturated rings. The number of halogens is 2. The van der Waals surface area contributed by atoms with Crippen LogP contribution in [0.4, 0.5) is 8.78 Å². The van der Waals surface area contributed by atoms with Crippen molar-refractivity contribution >= 4 is 0 Å². The second kappa shape index (κ2) is 4.91. The molecule has 90 valence electrons. The summed E-state index contributed by atoms with van der Waals surface area (Å²) in [6.07, 6.45) is -2.30. The molecule has 0 aliphatic rings. The largest absolute Gasteiger partial charge is 0.320 e. The quantitative estimate of drug-likeness (QED) is 0.838. The van der Waals surface area contributed by atoms with Gasteiger partial charge in [0, 0.05) is 0 Å². The highest BCUT2D eigenvalue weighted by Gasteiger charge is 2.30. The number of benzene rings is 1. The molecule has 1 aromatic carbocycles. The van der Waals surface area contributed by atoms with Gasteiger partial charge in [-0.1, -0.05) is 38.1 Å². The maximum Gasteiger partial charge on any atom is 0.256 e. The summed E-state index contributed by atoms with van der Waals surface area (Å²) in [4.78, 5) is 0. The highest BCUT2D eigenvalue weighted by Crippen LogP contribution is 2.21. The molecule has 3 heteroatoms. The van der Waals surface area contributed by atoms with Crippen molar-refractivity contribution in [1.29, 1.82) is 0 Å². The molecule has 0 bridgehead atoms. The first-order chi connectivity index (χ1) is 7.33. The van der Waals surface area contributed by atoms with E-state index in [0.717, 1.165) is 11.1 Å². The predicted octanol–water partition coefficient (Wildman–Crippen LogP) is 3.34. The van der Waals surface area contributed by atoms with E-state index in [-0.39, 0.29) is 6.42 Å². The van der Waals surface area contributed by atoms with Crippen LogP contribution in [0.3, 0.4) is 0 Å². The van der Waals surface area contributed by atoms with Gasteiger partial charge in [-0.15, -0.1) is 0 Å². The summed E-state index contributed by atoms with van der Waals surface area (Å²) in [6.45, 7) is 5.54. The predicted molar refractivity (Wildman–Crippen MR) is 62.8 cm³/mol. The minimum absolute atomic E-state index is 0.200. The van der Waals surface area contributed by atoms with Crippen molar-refractivity contribution in [2.24, 2.45) is 5.73 Å². The van der Waals surface area contributed by atoms with Crippen molar-refractivity contribution in [2.45, 2.75) is 45.1 Å². The first-order valence-corrected chi connectivity index (χ1v) is 5.49. The molecule has 0 aromatic heterocycles. The standard InChI is InChI=1S/C13H19F2N/c1-9(2)11-6-4-5-10(7-11)8-13(3,16)12(14)15/h4-7,9,12H,8,16H2,1-3H3. The Hall–Kier alpha value is -0.960. The number of hydrogen-bond acceptors (Lipinski definition) is 1. The van der Waals surface area contributed by atoms with Crippen LogP contribution in [0.1, 0.15) is 37.8 Å². The average molecular weight is 227 g/mol. The Kier molecular flexibility index (Phi) is 4.03. The van der Waals surface area contributed by atoms with Gasteiger partial charge in [0.2, 0.25) is 0 Å². The Morgan fingerprint density at radius 1 is 1.31 bits per heavy atom. The number of alkyl halides is 2. The molecule has 0 aliphatic heterocycles. The number of hydrogen-bond donors (Lipinski definition) is 1. The average Bonchev–Trinajstić information content (AvgIpc) is 2.17. The molecule has 0 saturated carbocycles. The van der Waals surface area contributed by atoms with Crippen molar-refractivity contribution in [3.63, 3.8) is 0 Å². The fraction of sp³-hybridized carbons (Fsp3) is 0.538. The molecule has 1 aromatic rings. The molecule has 0 amide bonds. The van der Waals surface area contributed by atoms with E-state index in [1.54, 1.807) is 0 Å². The molecule has 1 atom stereocenters. The second-order valence-corrected chi connectivity index (χ2v) is 4.88. The van der Waals surface area contributed by atoms with E-state index in [9.17, 15) is 8.78 Å². The smallest absolute Gasteiger partial charge is 0.256 e. The Balaban J connectivity index is 2.86. The lowest BCUT2D eigenvalue weighted by Crippen LogP contribution is -2.45. The van der Waals surface area contributed by atoms with E-state index < -0.39 is 12.0 Å². The first kappa shape index (κ1) is 13.1. The van der Waals surface area contributed by atoms with Crippen molar-refractivity contribution in [3.05, 3.63) is 35.4 Å². The molecule has 0 saturated heterocycles. The van der Waals surface area contributed by atoms with Gasteiger partial charge >= 0.3 is 0 Å². The molecular formula is C13H19F2N. The SMILES string of the molecule is CC(C)c1cccc(CC(C)(N)C(F)F)c1. The van der Waals surface area contributed by atoms with Crippen molar-refractivity contribution in [1.82, 2.24) is 0 Å². The maximum atomic E-state index is 12.6. The molecule has 16 heavy (non-hydrogen) atoms. The van der Waals surface area contributed by atoms with Crippen LogP contribution in [-0.2, 0) is 6.42 Å². The summed E-state index contributed by atoms with van der Waals surface area (Å²) in [7, 11) is 0. The molecule has 0 radical (unpaired) electrons. The van der Waals surface area contributed by atoms with Crippen LogP contribution < -0.4 is 5.73 Å². The highest BCUT2D eigenvalue weighted by atomic mass is 19.3. The van der Waals surface area contributed by atoms with E-state index in [1.165, 1.54) is 6.92 Å². The van der Waals surface area contributed by atoms with E-state index in [4.69, 9.17) is 5.73 Å². The van der Waals surface area contributed by atoms with Crippen molar-refractivity contribution in [2.75, 3.05) is 0 Å². The molecular weight excluding hydrogens is 208 g/mol. The van der Waals surface area contributed by atoms with Crippen LogP contribution >= 0.6 is 0 Å². The van der Waals surface area contributed by atoms with E-state index in [0.29, 0.717) is 5.92 Å². The zero-order chi connectivity index (χ0) is 12.3. The fourth-order valence-corrected chi connectivity index (χ4v) is 1.58.